The molecule has 0 aliphatic rings. The lowest BCUT2D eigenvalue weighted by molar-refractivity contribution is -0.121. The molecule has 0 aliphatic carbocycles. The van der Waals surface area contributed by atoms with Gasteiger partial charge in [0.1, 0.15) is 12.4 Å². The van der Waals surface area contributed by atoms with Crippen LogP contribution in [0, 0.1) is 0 Å². The minimum Gasteiger partial charge on any atom is -0.358 e. The SMILES string of the molecule is C=CC(=O)Cc1ccc(CCc2nc(Cc3ccn(CC(=O)NC)n3)ncc2Cl)cc1. The number of likely N-dealkylation sites (N-methyl/N-ethyl adjacent to an activating group) is 1. The minimum atomic E-state index is -0.111. The lowest BCUT2D eigenvalue weighted by Gasteiger charge is -2.07. The predicted molar refractivity (Wildman–Crippen MR) is 119 cm³/mol. The molecule has 8 heteroatoms. The summed E-state index contributed by atoms with van der Waals surface area (Å²) in [4.78, 5) is 31.9. The van der Waals surface area contributed by atoms with Crippen LogP contribution in [0.1, 0.15) is 28.3 Å². The average molecular weight is 438 g/mol. The second-order valence-electron chi connectivity index (χ2n) is 7.10. The van der Waals surface area contributed by atoms with Crippen molar-refractivity contribution in [2.75, 3.05) is 7.05 Å². The van der Waals surface area contributed by atoms with Gasteiger partial charge in [-0.05, 0) is 36.1 Å². The number of nitrogens with one attached hydrogen (secondary N) is 1. The molecule has 0 atom stereocenters. The van der Waals surface area contributed by atoms with E-state index in [1.54, 1.807) is 24.1 Å². The first-order valence-electron chi connectivity index (χ1n) is 9.93. The number of ketones is 1. The summed E-state index contributed by atoms with van der Waals surface area (Å²) in [6.45, 7) is 3.67. The zero-order chi connectivity index (χ0) is 22.2. The molecule has 0 saturated carbocycles. The summed E-state index contributed by atoms with van der Waals surface area (Å²) in [7, 11) is 1.59. The van der Waals surface area contributed by atoms with Gasteiger partial charge >= 0.3 is 0 Å². The van der Waals surface area contributed by atoms with Gasteiger partial charge in [0.05, 0.1) is 22.8 Å². The van der Waals surface area contributed by atoms with Gasteiger partial charge in [-0.2, -0.15) is 5.10 Å². The number of halogens is 1. The minimum absolute atomic E-state index is 0.00603. The number of rotatable bonds is 10. The Labute approximate surface area is 186 Å². The summed E-state index contributed by atoms with van der Waals surface area (Å²) >= 11 is 6.31. The molecular weight excluding hydrogens is 414 g/mol. The number of benzene rings is 1. The molecule has 160 valence electrons. The molecule has 0 fully saturated rings. The van der Waals surface area contributed by atoms with Gasteiger partial charge in [0, 0.05) is 25.9 Å². The van der Waals surface area contributed by atoms with Gasteiger partial charge in [-0.25, -0.2) is 9.97 Å². The molecule has 1 N–H and O–H groups in total. The maximum absolute atomic E-state index is 11.5. The molecule has 0 unspecified atom stereocenters. The van der Waals surface area contributed by atoms with Crippen LogP contribution in [0.15, 0.2) is 55.4 Å². The first-order valence-corrected chi connectivity index (χ1v) is 10.3. The monoisotopic (exact) mass is 437 g/mol. The van der Waals surface area contributed by atoms with E-state index in [0.717, 1.165) is 28.9 Å². The Morgan fingerprint density at radius 1 is 1.16 bits per heavy atom. The zero-order valence-electron chi connectivity index (χ0n) is 17.3. The van der Waals surface area contributed by atoms with Crippen molar-refractivity contribution in [1.82, 2.24) is 25.1 Å². The number of hydrogen-bond acceptors (Lipinski definition) is 5. The van der Waals surface area contributed by atoms with Crippen molar-refractivity contribution in [2.45, 2.75) is 32.2 Å². The molecule has 3 aromatic rings. The smallest absolute Gasteiger partial charge is 0.241 e. The molecule has 1 aromatic carbocycles. The van der Waals surface area contributed by atoms with Gasteiger partial charge in [0.2, 0.25) is 5.91 Å². The number of hydrogen-bond donors (Lipinski definition) is 1. The van der Waals surface area contributed by atoms with Crippen LogP contribution in [0.2, 0.25) is 5.02 Å². The van der Waals surface area contributed by atoms with E-state index in [2.05, 4.69) is 27.0 Å². The van der Waals surface area contributed by atoms with E-state index >= 15 is 0 Å². The quantitative estimate of drug-likeness (QED) is 0.492. The summed E-state index contributed by atoms with van der Waals surface area (Å²) in [6, 6.07) is 9.79. The number of aromatic nitrogens is 4. The second kappa shape index (κ2) is 10.6. The molecule has 0 aliphatic heterocycles. The highest BCUT2D eigenvalue weighted by molar-refractivity contribution is 6.31. The Morgan fingerprint density at radius 2 is 1.90 bits per heavy atom. The number of carbonyl (C=O) groups excluding carboxylic acids is 2. The molecule has 2 heterocycles. The lowest BCUT2D eigenvalue weighted by atomic mass is 10.0. The topological polar surface area (TPSA) is 89.8 Å². The Bertz CT molecular complexity index is 1080. The first-order chi connectivity index (χ1) is 15.0. The normalized spacial score (nSPS) is 10.6. The lowest BCUT2D eigenvalue weighted by Crippen LogP contribution is -2.23. The fraction of sp³-hybridized carbons (Fsp3) is 0.261. The number of aryl methyl sites for hydroxylation is 2. The highest BCUT2D eigenvalue weighted by atomic mass is 35.5. The molecule has 31 heavy (non-hydrogen) atoms. The molecule has 0 saturated heterocycles. The number of allylic oxidation sites excluding steroid dienone is 1. The Kier molecular flexibility index (Phi) is 7.67. The highest BCUT2D eigenvalue weighted by Crippen LogP contribution is 2.17. The van der Waals surface area contributed by atoms with E-state index < -0.39 is 0 Å². The Morgan fingerprint density at radius 3 is 2.61 bits per heavy atom. The zero-order valence-corrected chi connectivity index (χ0v) is 18.1. The number of carbonyl (C=O) groups is 2. The molecule has 0 spiro atoms. The summed E-state index contributed by atoms with van der Waals surface area (Å²) < 4.78 is 1.58. The van der Waals surface area contributed by atoms with Crippen LogP contribution in [0.4, 0.5) is 0 Å². The second-order valence-corrected chi connectivity index (χ2v) is 7.51. The standard InChI is InChI=1S/C23H24ClN5O2/c1-3-19(30)12-17-6-4-16(5-7-17)8-9-21-20(24)14-26-22(27-21)13-18-10-11-29(28-18)15-23(31)25-2/h3-7,10-11,14H,1,8-9,12-13,15H2,2H3,(H,25,31). The summed E-state index contributed by atoms with van der Waals surface area (Å²) in [5, 5.41) is 7.49. The molecule has 3 rings (SSSR count). The van der Waals surface area contributed by atoms with Gasteiger partial charge < -0.3 is 5.32 Å². The van der Waals surface area contributed by atoms with Crippen molar-refractivity contribution < 1.29 is 9.59 Å². The fourth-order valence-electron chi connectivity index (χ4n) is 3.04. The Balaban J connectivity index is 1.61. The average Bonchev–Trinajstić information content (AvgIpc) is 3.21. The molecular formula is C23H24ClN5O2. The van der Waals surface area contributed by atoms with Crippen LogP contribution in [0.25, 0.3) is 0 Å². The first kappa shape index (κ1) is 22.4. The third-order valence-corrected chi connectivity index (χ3v) is 5.08. The van der Waals surface area contributed by atoms with Gasteiger partial charge in [0.25, 0.3) is 0 Å². The van der Waals surface area contributed by atoms with E-state index in [-0.39, 0.29) is 18.2 Å². The maximum atomic E-state index is 11.5. The van der Waals surface area contributed by atoms with Gasteiger partial charge in [0.15, 0.2) is 5.78 Å². The van der Waals surface area contributed by atoms with E-state index in [4.69, 9.17) is 11.6 Å². The van der Waals surface area contributed by atoms with Crippen LogP contribution >= 0.6 is 11.6 Å². The van der Waals surface area contributed by atoms with Crippen LogP contribution in [-0.4, -0.2) is 38.5 Å². The summed E-state index contributed by atoms with van der Waals surface area (Å²) in [5.74, 6) is 0.523. The van der Waals surface area contributed by atoms with Crippen molar-refractivity contribution in [3.63, 3.8) is 0 Å². The largest absolute Gasteiger partial charge is 0.358 e. The molecule has 2 aromatic heterocycles. The van der Waals surface area contributed by atoms with Crippen molar-refractivity contribution in [1.29, 1.82) is 0 Å². The van der Waals surface area contributed by atoms with Gasteiger partial charge in [-0.15, -0.1) is 0 Å². The number of amides is 1. The van der Waals surface area contributed by atoms with Crippen LogP contribution in [0.3, 0.4) is 0 Å². The highest BCUT2D eigenvalue weighted by Gasteiger charge is 2.10. The van der Waals surface area contributed by atoms with Gasteiger partial charge in [-0.1, -0.05) is 42.4 Å². The molecule has 7 nitrogen and oxygen atoms in total. The number of nitrogens with zero attached hydrogens (tertiary/aromatic N) is 4. The van der Waals surface area contributed by atoms with E-state index in [0.29, 0.717) is 30.1 Å². The maximum Gasteiger partial charge on any atom is 0.241 e. The van der Waals surface area contributed by atoms with Gasteiger partial charge in [-0.3, -0.25) is 14.3 Å². The van der Waals surface area contributed by atoms with E-state index in [1.165, 1.54) is 6.08 Å². The van der Waals surface area contributed by atoms with Crippen LogP contribution in [0.5, 0.6) is 0 Å². The Hall–Kier alpha value is -3.32. The van der Waals surface area contributed by atoms with Crippen molar-refractivity contribution in [2.24, 2.45) is 0 Å². The van der Waals surface area contributed by atoms with Crippen molar-refractivity contribution in [3.05, 3.63) is 88.7 Å². The van der Waals surface area contributed by atoms with Crippen molar-refractivity contribution in [3.8, 4) is 0 Å². The summed E-state index contributed by atoms with van der Waals surface area (Å²) in [5.41, 5.74) is 3.66. The molecule has 1 amide bonds. The summed E-state index contributed by atoms with van der Waals surface area (Å²) in [6.07, 6.45) is 6.98. The van der Waals surface area contributed by atoms with Crippen LogP contribution < -0.4 is 5.32 Å². The predicted octanol–water partition coefficient (Wildman–Crippen LogP) is 2.75. The fourth-order valence-corrected chi connectivity index (χ4v) is 3.22. The third-order valence-electron chi connectivity index (χ3n) is 4.77. The molecule has 0 radical (unpaired) electrons. The third kappa shape index (κ3) is 6.58. The molecule has 0 bridgehead atoms. The van der Waals surface area contributed by atoms with E-state index in [1.807, 2.05) is 30.3 Å². The van der Waals surface area contributed by atoms with Crippen molar-refractivity contribution >= 4 is 23.3 Å². The van der Waals surface area contributed by atoms with E-state index in [9.17, 15) is 9.59 Å². The van der Waals surface area contributed by atoms with Crippen LogP contribution in [-0.2, 0) is 41.8 Å².